The van der Waals surface area contributed by atoms with Crippen molar-refractivity contribution < 1.29 is 4.39 Å². The molecule has 0 aliphatic heterocycles. The van der Waals surface area contributed by atoms with E-state index in [-0.39, 0.29) is 5.82 Å². The molecule has 106 valence electrons. The van der Waals surface area contributed by atoms with Gasteiger partial charge in [-0.1, -0.05) is 30.3 Å². The van der Waals surface area contributed by atoms with Crippen LogP contribution in [0.3, 0.4) is 0 Å². The van der Waals surface area contributed by atoms with Crippen molar-refractivity contribution in [3.05, 3.63) is 66.5 Å². The summed E-state index contributed by atoms with van der Waals surface area (Å²) in [6, 6.07) is 12.6. The molecule has 0 unspecified atom stereocenters. The third kappa shape index (κ3) is 2.45. The molecule has 1 heterocycles. The van der Waals surface area contributed by atoms with Crippen molar-refractivity contribution >= 4 is 11.0 Å². The minimum absolute atomic E-state index is 0.282. The Morgan fingerprint density at radius 2 is 1.95 bits per heavy atom. The molecule has 2 aromatic carbocycles. The monoisotopic (exact) mass is 281 g/mol. The molecule has 0 saturated carbocycles. The van der Waals surface area contributed by atoms with Crippen LogP contribution in [0.15, 0.2) is 55.1 Å². The van der Waals surface area contributed by atoms with Gasteiger partial charge in [0.25, 0.3) is 0 Å². The lowest BCUT2D eigenvalue weighted by Crippen LogP contribution is -1.99. The lowest BCUT2D eigenvalue weighted by atomic mass is 10.1. The Morgan fingerprint density at radius 1 is 1.19 bits per heavy atom. The highest BCUT2D eigenvalue weighted by molar-refractivity contribution is 5.80. The zero-order chi connectivity index (χ0) is 14.8. The molecule has 0 atom stereocenters. The summed E-state index contributed by atoms with van der Waals surface area (Å²) in [7, 11) is 0. The molecule has 0 aliphatic rings. The fraction of sp³-hybridized carbons (Fsp3) is 0.118. The second-order valence-corrected chi connectivity index (χ2v) is 4.87. The van der Waals surface area contributed by atoms with E-state index >= 15 is 0 Å². The van der Waals surface area contributed by atoms with Crippen LogP contribution in [0, 0.1) is 5.82 Å². The summed E-state index contributed by atoms with van der Waals surface area (Å²) in [6.45, 7) is 4.91. The third-order valence-corrected chi connectivity index (χ3v) is 3.47. The molecule has 21 heavy (non-hydrogen) atoms. The second-order valence-electron chi connectivity index (χ2n) is 4.87. The van der Waals surface area contributed by atoms with E-state index in [4.69, 9.17) is 5.73 Å². The first-order valence-electron chi connectivity index (χ1n) is 6.79. The largest absolute Gasteiger partial charge is 0.326 e. The van der Waals surface area contributed by atoms with Gasteiger partial charge in [0.05, 0.1) is 11.0 Å². The van der Waals surface area contributed by atoms with Crippen molar-refractivity contribution in [2.45, 2.75) is 13.1 Å². The van der Waals surface area contributed by atoms with Gasteiger partial charge in [-0.3, -0.25) is 0 Å². The second kappa shape index (κ2) is 5.50. The molecular formula is C17H16FN3. The molecule has 3 aromatic rings. The Bertz CT molecular complexity index is 788. The minimum Gasteiger partial charge on any atom is -0.326 e. The van der Waals surface area contributed by atoms with Crippen LogP contribution < -0.4 is 5.73 Å². The van der Waals surface area contributed by atoms with Gasteiger partial charge >= 0.3 is 0 Å². The van der Waals surface area contributed by atoms with Gasteiger partial charge in [0, 0.05) is 24.7 Å². The number of nitrogens with zero attached hydrogens (tertiary/aromatic N) is 2. The van der Waals surface area contributed by atoms with E-state index < -0.39 is 0 Å². The van der Waals surface area contributed by atoms with Crippen LogP contribution in [0.2, 0.25) is 0 Å². The topological polar surface area (TPSA) is 43.8 Å². The van der Waals surface area contributed by atoms with E-state index in [1.165, 1.54) is 12.1 Å². The molecule has 0 amide bonds. The van der Waals surface area contributed by atoms with Gasteiger partial charge in [0.2, 0.25) is 0 Å². The quantitative estimate of drug-likeness (QED) is 0.744. The molecule has 2 N–H and O–H groups in total. The maximum atomic E-state index is 13.4. The van der Waals surface area contributed by atoms with Crippen LogP contribution in [0.25, 0.3) is 22.4 Å². The number of rotatable bonds is 4. The molecular weight excluding hydrogens is 265 g/mol. The van der Waals surface area contributed by atoms with Gasteiger partial charge < -0.3 is 10.3 Å². The smallest absolute Gasteiger partial charge is 0.141 e. The van der Waals surface area contributed by atoms with Gasteiger partial charge in [0.1, 0.15) is 11.6 Å². The minimum atomic E-state index is -0.282. The zero-order valence-electron chi connectivity index (χ0n) is 11.6. The molecule has 0 bridgehead atoms. The summed E-state index contributed by atoms with van der Waals surface area (Å²) < 4.78 is 15.4. The summed E-state index contributed by atoms with van der Waals surface area (Å²) >= 11 is 0. The van der Waals surface area contributed by atoms with Crippen LogP contribution in [0.1, 0.15) is 5.56 Å². The lowest BCUT2D eigenvalue weighted by molar-refractivity contribution is 0.629. The number of halogens is 1. The number of imidazole rings is 1. The Kier molecular flexibility index (Phi) is 3.54. The third-order valence-electron chi connectivity index (χ3n) is 3.47. The van der Waals surface area contributed by atoms with E-state index in [2.05, 4.69) is 11.6 Å². The number of benzene rings is 2. The van der Waals surface area contributed by atoms with Crippen LogP contribution in [-0.2, 0) is 13.1 Å². The van der Waals surface area contributed by atoms with E-state index in [0.29, 0.717) is 18.6 Å². The fourth-order valence-electron chi connectivity index (χ4n) is 2.43. The maximum absolute atomic E-state index is 13.4. The molecule has 3 nitrogen and oxygen atoms in total. The van der Waals surface area contributed by atoms with Gasteiger partial charge in [-0.05, 0) is 17.7 Å². The summed E-state index contributed by atoms with van der Waals surface area (Å²) in [6.07, 6.45) is 1.81. The fourth-order valence-corrected chi connectivity index (χ4v) is 2.43. The molecule has 4 heteroatoms. The van der Waals surface area contributed by atoms with Crippen molar-refractivity contribution in [2.24, 2.45) is 5.73 Å². The van der Waals surface area contributed by atoms with Crippen molar-refractivity contribution in [3.8, 4) is 11.4 Å². The van der Waals surface area contributed by atoms with Crippen LogP contribution in [-0.4, -0.2) is 9.55 Å². The van der Waals surface area contributed by atoms with E-state index in [1.54, 1.807) is 6.07 Å². The van der Waals surface area contributed by atoms with E-state index in [1.807, 2.05) is 34.9 Å². The molecule has 0 saturated heterocycles. The summed E-state index contributed by atoms with van der Waals surface area (Å²) in [5.41, 5.74) is 9.21. The molecule has 0 aliphatic carbocycles. The SMILES string of the molecule is C=CCn1c(-c2ccc(CN)cc2)nc2cc(F)ccc21. The lowest BCUT2D eigenvalue weighted by Gasteiger charge is -2.07. The predicted molar refractivity (Wildman–Crippen MR) is 83.2 cm³/mol. The standard InChI is InChI=1S/C17H16FN3/c1-2-9-21-16-8-7-14(18)10-15(16)20-17(21)13-5-3-12(11-19)4-6-13/h2-8,10H,1,9,11,19H2. The Morgan fingerprint density at radius 3 is 2.62 bits per heavy atom. The first-order valence-corrected chi connectivity index (χ1v) is 6.79. The summed E-state index contributed by atoms with van der Waals surface area (Å²) in [5, 5.41) is 0. The molecule has 0 fully saturated rings. The Labute approximate surface area is 122 Å². The van der Waals surface area contributed by atoms with E-state index in [9.17, 15) is 4.39 Å². The molecule has 1 aromatic heterocycles. The normalized spacial score (nSPS) is 11.0. The highest BCUT2D eigenvalue weighted by Gasteiger charge is 2.12. The zero-order valence-corrected chi connectivity index (χ0v) is 11.6. The van der Waals surface area contributed by atoms with Crippen molar-refractivity contribution in [1.29, 1.82) is 0 Å². The average molecular weight is 281 g/mol. The van der Waals surface area contributed by atoms with Crippen LogP contribution in [0.4, 0.5) is 4.39 Å². The van der Waals surface area contributed by atoms with Crippen molar-refractivity contribution in [2.75, 3.05) is 0 Å². The van der Waals surface area contributed by atoms with Gasteiger partial charge in [-0.2, -0.15) is 0 Å². The van der Waals surface area contributed by atoms with Crippen LogP contribution >= 0.6 is 0 Å². The molecule has 0 spiro atoms. The van der Waals surface area contributed by atoms with Gasteiger partial charge in [0.15, 0.2) is 0 Å². The summed E-state index contributed by atoms with van der Waals surface area (Å²) in [4.78, 5) is 4.56. The van der Waals surface area contributed by atoms with Crippen molar-refractivity contribution in [3.63, 3.8) is 0 Å². The number of hydrogen-bond donors (Lipinski definition) is 1. The number of aromatic nitrogens is 2. The first-order chi connectivity index (χ1) is 10.2. The number of nitrogens with two attached hydrogens (primary N) is 1. The first kappa shape index (κ1) is 13.5. The van der Waals surface area contributed by atoms with Crippen LogP contribution in [0.5, 0.6) is 0 Å². The van der Waals surface area contributed by atoms with E-state index in [0.717, 1.165) is 22.5 Å². The predicted octanol–water partition coefficient (Wildman–Crippen LogP) is 3.49. The number of hydrogen-bond acceptors (Lipinski definition) is 2. The maximum Gasteiger partial charge on any atom is 0.141 e. The number of allylic oxidation sites excluding steroid dienone is 1. The molecule has 3 rings (SSSR count). The number of fused-ring (bicyclic) bond motifs is 1. The Balaban J connectivity index is 2.19. The Hall–Kier alpha value is -2.46. The highest BCUT2D eigenvalue weighted by atomic mass is 19.1. The summed E-state index contributed by atoms with van der Waals surface area (Å²) in [5.74, 6) is 0.523. The highest BCUT2D eigenvalue weighted by Crippen LogP contribution is 2.25. The van der Waals surface area contributed by atoms with Gasteiger partial charge in [-0.25, -0.2) is 9.37 Å². The van der Waals surface area contributed by atoms with Gasteiger partial charge in [-0.15, -0.1) is 6.58 Å². The molecule has 0 radical (unpaired) electrons. The van der Waals surface area contributed by atoms with Crippen molar-refractivity contribution in [1.82, 2.24) is 9.55 Å². The average Bonchev–Trinajstić information content (AvgIpc) is 2.85.